The van der Waals surface area contributed by atoms with Gasteiger partial charge in [0.15, 0.2) is 0 Å². The summed E-state index contributed by atoms with van der Waals surface area (Å²) in [5.74, 6) is -0.618. The van der Waals surface area contributed by atoms with Gasteiger partial charge in [0.1, 0.15) is 0 Å². The fourth-order valence-corrected chi connectivity index (χ4v) is 1.76. The first-order valence-corrected chi connectivity index (χ1v) is 5.16. The molecule has 16 heavy (non-hydrogen) atoms. The van der Waals surface area contributed by atoms with Crippen molar-refractivity contribution in [1.82, 2.24) is 15.5 Å². The highest BCUT2D eigenvalue weighted by atomic mass is 19.4. The number of aromatic nitrogens is 2. The Morgan fingerprint density at radius 2 is 2.25 bits per heavy atom. The van der Waals surface area contributed by atoms with Gasteiger partial charge in [0.2, 0.25) is 5.89 Å². The Labute approximate surface area is 90.2 Å². The summed E-state index contributed by atoms with van der Waals surface area (Å²) in [7, 11) is 0. The molecule has 1 aliphatic rings. The minimum atomic E-state index is -4.52. The second-order valence-corrected chi connectivity index (χ2v) is 3.91. The lowest BCUT2D eigenvalue weighted by molar-refractivity contribution is -0.146. The number of hydrogen-bond donors (Lipinski definition) is 1. The minimum absolute atomic E-state index is 0.0687. The first-order valence-electron chi connectivity index (χ1n) is 5.16. The largest absolute Gasteiger partial charge is 0.455 e. The Bertz CT molecular complexity index is 344. The predicted molar refractivity (Wildman–Crippen MR) is 48.6 cm³/mol. The maximum atomic E-state index is 12.1. The van der Waals surface area contributed by atoms with Crippen molar-refractivity contribution in [2.75, 3.05) is 13.1 Å². The van der Waals surface area contributed by atoms with Crippen LogP contribution in [0, 0.1) is 5.92 Å². The van der Waals surface area contributed by atoms with Crippen LogP contribution in [0.5, 0.6) is 0 Å². The normalized spacial score (nSPS) is 21.6. The molecule has 1 unspecified atom stereocenters. The monoisotopic (exact) mass is 235 g/mol. The Hall–Kier alpha value is -1.11. The number of rotatable bonds is 3. The zero-order valence-electron chi connectivity index (χ0n) is 8.55. The molecular formula is C9H12F3N3O. The fourth-order valence-electron chi connectivity index (χ4n) is 1.76. The Morgan fingerprint density at radius 1 is 1.44 bits per heavy atom. The number of nitrogens with one attached hydrogen (secondary N) is 1. The van der Waals surface area contributed by atoms with E-state index in [2.05, 4.69) is 20.0 Å². The lowest BCUT2D eigenvalue weighted by Crippen LogP contribution is -2.10. The summed E-state index contributed by atoms with van der Waals surface area (Å²) in [5.41, 5.74) is 0. The molecule has 1 aromatic heterocycles. The van der Waals surface area contributed by atoms with Gasteiger partial charge < -0.3 is 9.84 Å². The van der Waals surface area contributed by atoms with Crippen molar-refractivity contribution in [3.63, 3.8) is 0 Å². The highest BCUT2D eigenvalue weighted by molar-refractivity contribution is 4.91. The second-order valence-electron chi connectivity index (χ2n) is 3.91. The first-order chi connectivity index (χ1) is 7.55. The Kier molecular flexibility index (Phi) is 3.13. The SMILES string of the molecule is FC(F)(F)c1noc(CCC2CCNC2)n1. The highest BCUT2D eigenvalue weighted by Gasteiger charge is 2.37. The Balaban J connectivity index is 1.87. The van der Waals surface area contributed by atoms with Crippen molar-refractivity contribution in [2.24, 2.45) is 5.92 Å². The van der Waals surface area contributed by atoms with Gasteiger partial charge >= 0.3 is 6.18 Å². The lowest BCUT2D eigenvalue weighted by Gasteiger charge is -2.04. The maximum absolute atomic E-state index is 12.1. The molecule has 0 amide bonds. The van der Waals surface area contributed by atoms with Crippen LogP contribution in [-0.4, -0.2) is 23.2 Å². The summed E-state index contributed by atoms with van der Waals surface area (Å²) in [6.07, 6.45) is -2.27. The van der Waals surface area contributed by atoms with E-state index in [1.807, 2.05) is 0 Å². The molecule has 1 aliphatic heterocycles. The van der Waals surface area contributed by atoms with E-state index in [0.717, 1.165) is 25.9 Å². The quantitative estimate of drug-likeness (QED) is 0.865. The van der Waals surface area contributed by atoms with Crippen LogP contribution < -0.4 is 5.32 Å². The molecule has 4 nitrogen and oxygen atoms in total. The molecule has 0 aromatic carbocycles. The Morgan fingerprint density at radius 3 is 2.81 bits per heavy atom. The van der Waals surface area contributed by atoms with Gasteiger partial charge in [0.25, 0.3) is 5.82 Å². The zero-order chi connectivity index (χ0) is 11.6. The molecule has 1 fully saturated rings. The zero-order valence-corrected chi connectivity index (χ0v) is 8.55. The number of nitrogens with zero attached hydrogens (tertiary/aromatic N) is 2. The van der Waals surface area contributed by atoms with Gasteiger partial charge in [-0.05, 0) is 31.8 Å². The molecule has 0 radical (unpaired) electrons. The van der Waals surface area contributed by atoms with Crippen LogP contribution in [0.4, 0.5) is 13.2 Å². The van der Waals surface area contributed by atoms with Crippen molar-refractivity contribution >= 4 is 0 Å². The molecular weight excluding hydrogens is 223 g/mol. The molecule has 0 bridgehead atoms. The van der Waals surface area contributed by atoms with Crippen LogP contribution in [0.1, 0.15) is 24.6 Å². The summed E-state index contributed by atoms with van der Waals surface area (Å²) in [5, 5.41) is 6.10. The molecule has 1 N–H and O–H groups in total. The lowest BCUT2D eigenvalue weighted by atomic mass is 10.0. The van der Waals surface area contributed by atoms with Crippen LogP contribution in [0.15, 0.2) is 4.52 Å². The van der Waals surface area contributed by atoms with Crippen LogP contribution in [0.3, 0.4) is 0 Å². The van der Waals surface area contributed by atoms with E-state index in [1.54, 1.807) is 0 Å². The molecule has 0 saturated carbocycles. The van der Waals surface area contributed by atoms with Crippen LogP contribution in [0.2, 0.25) is 0 Å². The number of halogens is 3. The second kappa shape index (κ2) is 4.40. The third-order valence-corrected chi connectivity index (χ3v) is 2.65. The van der Waals surface area contributed by atoms with Crippen LogP contribution in [-0.2, 0) is 12.6 Å². The van der Waals surface area contributed by atoms with Gasteiger partial charge in [-0.1, -0.05) is 5.16 Å². The van der Waals surface area contributed by atoms with E-state index >= 15 is 0 Å². The maximum Gasteiger partial charge on any atom is 0.455 e. The van der Waals surface area contributed by atoms with Crippen molar-refractivity contribution in [1.29, 1.82) is 0 Å². The fraction of sp³-hybridized carbons (Fsp3) is 0.778. The molecule has 7 heteroatoms. The topological polar surface area (TPSA) is 51.0 Å². The third kappa shape index (κ3) is 2.72. The minimum Gasteiger partial charge on any atom is -0.339 e. The molecule has 0 spiro atoms. The molecule has 1 saturated heterocycles. The number of alkyl halides is 3. The van der Waals surface area contributed by atoms with Gasteiger partial charge in [-0.15, -0.1) is 0 Å². The summed E-state index contributed by atoms with van der Waals surface area (Å²) in [4.78, 5) is 3.32. The van der Waals surface area contributed by atoms with E-state index in [0.29, 0.717) is 12.3 Å². The standard InChI is InChI=1S/C9H12F3N3O/c10-9(11,12)8-14-7(16-15-8)2-1-6-3-4-13-5-6/h6,13H,1-5H2. The molecule has 90 valence electrons. The van der Waals surface area contributed by atoms with E-state index in [1.165, 1.54) is 0 Å². The van der Waals surface area contributed by atoms with Gasteiger partial charge in [-0.3, -0.25) is 0 Å². The van der Waals surface area contributed by atoms with Gasteiger partial charge in [0, 0.05) is 6.42 Å². The summed E-state index contributed by atoms with van der Waals surface area (Å²) < 4.78 is 41.0. The van der Waals surface area contributed by atoms with Crippen molar-refractivity contribution in [2.45, 2.75) is 25.4 Å². The number of aryl methyl sites for hydroxylation is 1. The molecule has 1 aromatic rings. The molecule has 2 heterocycles. The average molecular weight is 235 g/mol. The predicted octanol–water partition coefficient (Wildman–Crippen LogP) is 1.63. The smallest absolute Gasteiger partial charge is 0.339 e. The van der Waals surface area contributed by atoms with Crippen molar-refractivity contribution < 1.29 is 17.7 Å². The van der Waals surface area contributed by atoms with Crippen molar-refractivity contribution in [3.05, 3.63) is 11.7 Å². The van der Waals surface area contributed by atoms with E-state index in [-0.39, 0.29) is 5.89 Å². The van der Waals surface area contributed by atoms with E-state index < -0.39 is 12.0 Å². The molecule has 2 rings (SSSR count). The highest BCUT2D eigenvalue weighted by Crippen LogP contribution is 2.26. The van der Waals surface area contributed by atoms with E-state index in [9.17, 15) is 13.2 Å². The molecule has 0 aliphatic carbocycles. The first kappa shape index (κ1) is 11.4. The van der Waals surface area contributed by atoms with E-state index in [4.69, 9.17) is 0 Å². The summed E-state index contributed by atoms with van der Waals surface area (Å²) >= 11 is 0. The summed E-state index contributed by atoms with van der Waals surface area (Å²) in [6.45, 7) is 1.89. The average Bonchev–Trinajstić information content (AvgIpc) is 2.85. The summed E-state index contributed by atoms with van der Waals surface area (Å²) in [6, 6.07) is 0. The van der Waals surface area contributed by atoms with Crippen LogP contribution >= 0.6 is 0 Å². The van der Waals surface area contributed by atoms with Gasteiger partial charge in [-0.2, -0.15) is 18.2 Å². The molecule has 1 atom stereocenters. The van der Waals surface area contributed by atoms with Gasteiger partial charge in [-0.25, -0.2) is 0 Å². The third-order valence-electron chi connectivity index (χ3n) is 2.65. The van der Waals surface area contributed by atoms with Gasteiger partial charge in [0.05, 0.1) is 0 Å². The van der Waals surface area contributed by atoms with Crippen molar-refractivity contribution in [3.8, 4) is 0 Å². The van der Waals surface area contributed by atoms with Crippen LogP contribution in [0.25, 0.3) is 0 Å². The number of hydrogen-bond acceptors (Lipinski definition) is 4.